The first-order valence-electron chi connectivity index (χ1n) is 6.00. The molecule has 1 aromatic rings. The topological polar surface area (TPSA) is 95.7 Å². The van der Waals surface area contributed by atoms with Gasteiger partial charge in [0.25, 0.3) is 0 Å². The summed E-state index contributed by atoms with van der Waals surface area (Å²) in [7, 11) is 0. The van der Waals surface area contributed by atoms with Crippen molar-refractivity contribution in [2.45, 2.75) is 26.8 Å². The van der Waals surface area contributed by atoms with E-state index in [0.29, 0.717) is 11.5 Å². The van der Waals surface area contributed by atoms with E-state index in [2.05, 4.69) is 16.4 Å². The second kappa shape index (κ2) is 6.61. The summed E-state index contributed by atoms with van der Waals surface area (Å²) in [6.07, 6.45) is 5.13. The molecule has 0 aliphatic carbocycles. The maximum atomic E-state index is 12.0. The molecule has 0 aliphatic rings. The fraction of sp³-hybridized carbons (Fsp3) is 0.462. The molecule has 2 N–H and O–H groups in total. The van der Waals surface area contributed by atoms with Gasteiger partial charge in [-0.15, -0.1) is 6.42 Å². The van der Waals surface area contributed by atoms with Gasteiger partial charge in [0.15, 0.2) is 0 Å². The van der Waals surface area contributed by atoms with Gasteiger partial charge in [0, 0.05) is 5.56 Å². The smallest absolute Gasteiger partial charge is 0.323 e. The van der Waals surface area contributed by atoms with E-state index in [1.54, 1.807) is 20.8 Å². The van der Waals surface area contributed by atoms with Crippen molar-refractivity contribution in [2.75, 3.05) is 13.1 Å². The van der Waals surface area contributed by atoms with Crippen LogP contribution in [0.3, 0.4) is 0 Å². The van der Waals surface area contributed by atoms with E-state index >= 15 is 0 Å². The molecule has 20 heavy (non-hydrogen) atoms. The van der Waals surface area contributed by atoms with Gasteiger partial charge in [-0.25, -0.2) is 4.79 Å². The summed E-state index contributed by atoms with van der Waals surface area (Å²) in [5.41, 5.74) is 1.45. The Balaban J connectivity index is 2.78. The molecule has 7 nitrogen and oxygen atoms in total. The van der Waals surface area contributed by atoms with Crippen molar-refractivity contribution >= 4 is 12.0 Å². The highest BCUT2D eigenvalue weighted by Gasteiger charge is 2.22. The van der Waals surface area contributed by atoms with Crippen molar-refractivity contribution in [3.63, 3.8) is 0 Å². The number of carbonyl (C=O) groups is 2. The molecule has 0 aromatic carbocycles. The number of aliphatic carboxylic acids is 1. The van der Waals surface area contributed by atoms with Crippen molar-refractivity contribution in [3.05, 3.63) is 17.0 Å². The molecule has 0 bridgehead atoms. The summed E-state index contributed by atoms with van der Waals surface area (Å²) in [6, 6.07) is -0.902. The number of hydrogen-bond acceptors (Lipinski definition) is 4. The van der Waals surface area contributed by atoms with Crippen molar-refractivity contribution < 1.29 is 19.2 Å². The Morgan fingerprint density at radius 1 is 1.55 bits per heavy atom. The van der Waals surface area contributed by atoms with Gasteiger partial charge in [0.1, 0.15) is 12.3 Å². The van der Waals surface area contributed by atoms with E-state index in [9.17, 15) is 9.59 Å². The predicted octanol–water partition coefficient (Wildman–Crippen LogP) is 1.08. The zero-order valence-corrected chi connectivity index (χ0v) is 11.6. The van der Waals surface area contributed by atoms with Crippen LogP contribution >= 0.6 is 0 Å². The number of aryl methyl sites for hydroxylation is 2. The molecule has 1 unspecified atom stereocenters. The first kappa shape index (κ1) is 15.6. The fourth-order valence-corrected chi connectivity index (χ4v) is 1.93. The lowest BCUT2D eigenvalue weighted by Gasteiger charge is -2.21. The van der Waals surface area contributed by atoms with Crippen LogP contribution in [0.25, 0.3) is 0 Å². The number of carboxylic acids is 1. The Bertz CT molecular complexity index is 525. The number of hydrogen-bond donors (Lipinski definition) is 2. The van der Waals surface area contributed by atoms with Crippen LogP contribution in [0, 0.1) is 26.2 Å². The Morgan fingerprint density at radius 3 is 2.65 bits per heavy atom. The van der Waals surface area contributed by atoms with Crippen LogP contribution in [0.15, 0.2) is 4.52 Å². The number of nitrogens with zero attached hydrogens (tertiary/aromatic N) is 2. The van der Waals surface area contributed by atoms with E-state index in [1.165, 1.54) is 0 Å². The molecule has 2 amide bonds. The van der Waals surface area contributed by atoms with Gasteiger partial charge in [-0.2, -0.15) is 0 Å². The maximum Gasteiger partial charge on any atom is 0.323 e. The lowest BCUT2D eigenvalue weighted by Crippen LogP contribution is -2.43. The number of rotatable bonds is 5. The van der Waals surface area contributed by atoms with Crippen molar-refractivity contribution in [1.29, 1.82) is 0 Å². The third-order valence-electron chi connectivity index (χ3n) is 2.76. The fourth-order valence-electron chi connectivity index (χ4n) is 1.93. The van der Waals surface area contributed by atoms with Gasteiger partial charge in [-0.1, -0.05) is 11.1 Å². The van der Waals surface area contributed by atoms with E-state index in [1.807, 2.05) is 0 Å². The molecular formula is C13H17N3O4. The molecule has 1 heterocycles. The van der Waals surface area contributed by atoms with E-state index < -0.39 is 18.5 Å². The summed E-state index contributed by atoms with van der Waals surface area (Å²) >= 11 is 0. The lowest BCUT2D eigenvalue weighted by atomic mass is 10.1. The van der Waals surface area contributed by atoms with Crippen LogP contribution in [0.5, 0.6) is 0 Å². The highest BCUT2D eigenvalue weighted by molar-refractivity contribution is 5.80. The number of amides is 2. The van der Waals surface area contributed by atoms with Crippen LogP contribution in [-0.2, 0) is 4.79 Å². The molecule has 1 atom stereocenters. The number of urea groups is 1. The Hall–Kier alpha value is -2.49. The molecule has 0 radical (unpaired) electrons. The van der Waals surface area contributed by atoms with Crippen LogP contribution in [0.1, 0.15) is 30.0 Å². The van der Waals surface area contributed by atoms with Gasteiger partial charge in [0.2, 0.25) is 0 Å². The molecule has 1 aromatic heterocycles. The highest BCUT2D eigenvalue weighted by Crippen LogP contribution is 2.20. The Morgan fingerprint density at radius 2 is 2.20 bits per heavy atom. The third kappa shape index (κ3) is 3.75. The molecule has 0 spiro atoms. The molecule has 7 heteroatoms. The number of aromatic nitrogens is 1. The minimum atomic E-state index is -1.12. The van der Waals surface area contributed by atoms with Gasteiger partial charge >= 0.3 is 12.0 Å². The average molecular weight is 279 g/mol. The molecular weight excluding hydrogens is 262 g/mol. The lowest BCUT2D eigenvalue weighted by molar-refractivity contribution is -0.137. The standard InChI is InChI=1S/C13H17N3O4/c1-5-6-16(7-11(17)18)13(19)14-8(2)12-9(3)15-20-10(12)4/h1,8H,6-7H2,2-4H3,(H,14,19)(H,17,18). The van der Waals surface area contributed by atoms with Gasteiger partial charge in [-0.3, -0.25) is 4.79 Å². The first-order valence-corrected chi connectivity index (χ1v) is 6.00. The number of carboxylic acid groups (broad SMARTS) is 1. The summed E-state index contributed by atoms with van der Waals surface area (Å²) < 4.78 is 5.03. The largest absolute Gasteiger partial charge is 0.480 e. The van der Waals surface area contributed by atoms with Crippen molar-refractivity contribution in [2.24, 2.45) is 0 Å². The minimum Gasteiger partial charge on any atom is -0.480 e. The molecule has 0 fully saturated rings. The SMILES string of the molecule is C#CCN(CC(=O)O)C(=O)NC(C)c1c(C)noc1C. The van der Waals surface area contributed by atoms with E-state index in [-0.39, 0.29) is 12.6 Å². The number of carbonyl (C=O) groups excluding carboxylic acids is 1. The molecule has 0 saturated carbocycles. The normalized spacial score (nSPS) is 11.5. The van der Waals surface area contributed by atoms with Gasteiger partial charge in [0.05, 0.1) is 18.3 Å². The number of nitrogens with one attached hydrogen (secondary N) is 1. The Labute approximate surface area is 116 Å². The summed E-state index contributed by atoms with van der Waals surface area (Å²) in [5, 5.41) is 15.2. The molecule has 108 valence electrons. The van der Waals surface area contributed by atoms with Crippen LogP contribution in [0.2, 0.25) is 0 Å². The minimum absolute atomic E-state index is 0.0769. The van der Waals surface area contributed by atoms with Crippen LogP contribution < -0.4 is 5.32 Å². The van der Waals surface area contributed by atoms with Gasteiger partial charge < -0.3 is 19.8 Å². The summed E-state index contributed by atoms with van der Waals surface area (Å²) in [6.45, 7) is 4.75. The molecule has 0 aliphatic heterocycles. The van der Waals surface area contributed by atoms with E-state index in [4.69, 9.17) is 16.1 Å². The summed E-state index contributed by atoms with van der Waals surface area (Å²) in [4.78, 5) is 23.7. The zero-order chi connectivity index (χ0) is 15.3. The second-order valence-corrected chi connectivity index (χ2v) is 4.36. The van der Waals surface area contributed by atoms with Gasteiger partial charge in [-0.05, 0) is 20.8 Å². The first-order chi connectivity index (χ1) is 9.36. The third-order valence-corrected chi connectivity index (χ3v) is 2.76. The quantitative estimate of drug-likeness (QED) is 0.786. The highest BCUT2D eigenvalue weighted by atomic mass is 16.5. The maximum absolute atomic E-state index is 12.0. The van der Waals surface area contributed by atoms with E-state index in [0.717, 1.165) is 10.5 Å². The molecule has 0 saturated heterocycles. The summed E-state index contributed by atoms with van der Waals surface area (Å²) in [5.74, 6) is 1.74. The average Bonchev–Trinajstić information content (AvgIpc) is 2.67. The Kier molecular flexibility index (Phi) is 5.15. The van der Waals surface area contributed by atoms with Crippen LogP contribution in [0.4, 0.5) is 4.79 Å². The number of terminal acetylenes is 1. The second-order valence-electron chi connectivity index (χ2n) is 4.36. The van der Waals surface area contributed by atoms with Crippen molar-refractivity contribution in [3.8, 4) is 12.3 Å². The predicted molar refractivity (Wildman–Crippen MR) is 71.0 cm³/mol. The van der Waals surface area contributed by atoms with Crippen LogP contribution in [-0.4, -0.2) is 40.3 Å². The monoisotopic (exact) mass is 279 g/mol. The van der Waals surface area contributed by atoms with Crippen molar-refractivity contribution in [1.82, 2.24) is 15.4 Å². The molecule has 1 rings (SSSR count). The zero-order valence-electron chi connectivity index (χ0n) is 11.6.